The first kappa shape index (κ1) is 24.3. The number of carbonyl (C=O) groups excluding carboxylic acids is 2. The Balaban J connectivity index is 1.56. The normalized spacial score (nSPS) is 14.8. The number of hydrogen-bond donors (Lipinski definition) is 1. The van der Waals surface area contributed by atoms with Gasteiger partial charge in [-0.25, -0.2) is 4.79 Å². The summed E-state index contributed by atoms with van der Waals surface area (Å²) in [6.45, 7) is 3.85. The van der Waals surface area contributed by atoms with Crippen LogP contribution in [0.1, 0.15) is 22.9 Å². The lowest BCUT2D eigenvalue weighted by Crippen LogP contribution is -2.49. The molecule has 1 aliphatic rings. The number of nitrogens with zero attached hydrogens (tertiary/aromatic N) is 3. The number of fused-ring (bicyclic) bond motifs is 1. The van der Waals surface area contributed by atoms with Crippen LogP contribution in [0.3, 0.4) is 0 Å². The maximum Gasteiger partial charge on any atom is 0.322 e. The predicted octanol–water partition coefficient (Wildman–Crippen LogP) is 3.92. The SMILES string of the molecule is COCCN(CC(=O)N1CCn2cccc2C1c1ccc(C)cc1)C(=O)Nc1ccccc1OC. The first-order chi connectivity index (χ1) is 17.0. The molecular formula is C27H32N4O4. The molecule has 0 fully saturated rings. The average molecular weight is 477 g/mol. The van der Waals surface area contributed by atoms with Crippen molar-refractivity contribution in [1.29, 1.82) is 0 Å². The van der Waals surface area contributed by atoms with Crippen molar-refractivity contribution in [2.45, 2.75) is 19.5 Å². The Bertz CT molecular complexity index is 1160. The third-order valence-corrected chi connectivity index (χ3v) is 6.28. The molecule has 2 heterocycles. The van der Waals surface area contributed by atoms with E-state index in [1.54, 1.807) is 26.4 Å². The van der Waals surface area contributed by atoms with Crippen LogP contribution in [0, 0.1) is 6.92 Å². The van der Waals surface area contributed by atoms with Crippen molar-refractivity contribution in [2.75, 3.05) is 45.8 Å². The minimum atomic E-state index is -0.382. The van der Waals surface area contributed by atoms with Crippen molar-refractivity contribution >= 4 is 17.6 Å². The van der Waals surface area contributed by atoms with Crippen LogP contribution in [0.5, 0.6) is 5.75 Å². The molecule has 0 bridgehead atoms. The zero-order valence-corrected chi connectivity index (χ0v) is 20.4. The highest BCUT2D eigenvalue weighted by Crippen LogP contribution is 2.33. The van der Waals surface area contributed by atoms with Gasteiger partial charge in [0.05, 0.1) is 25.4 Å². The van der Waals surface area contributed by atoms with E-state index in [4.69, 9.17) is 9.47 Å². The summed E-state index contributed by atoms with van der Waals surface area (Å²) in [4.78, 5) is 30.2. The molecule has 4 rings (SSSR count). The van der Waals surface area contributed by atoms with Crippen LogP contribution in [0.2, 0.25) is 0 Å². The van der Waals surface area contributed by atoms with E-state index in [2.05, 4.69) is 40.2 Å². The van der Waals surface area contributed by atoms with Crippen LogP contribution in [0.25, 0.3) is 0 Å². The molecule has 0 saturated carbocycles. The van der Waals surface area contributed by atoms with E-state index in [0.29, 0.717) is 31.1 Å². The van der Waals surface area contributed by atoms with Crippen LogP contribution in [0.4, 0.5) is 10.5 Å². The molecule has 3 amide bonds. The number of anilines is 1. The largest absolute Gasteiger partial charge is 0.495 e. The molecule has 1 aliphatic heterocycles. The van der Waals surface area contributed by atoms with Gasteiger partial charge in [0.15, 0.2) is 0 Å². The average Bonchev–Trinajstić information content (AvgIpc) is 3.35. The van der Waals surface area contributed by atoms with Gasteiger partial charge < -0.3 is 29.2 Å². The number of hydrogen-bond acceptors (Lipinski definition) is 4. The zero-order valence-electron chi connectivity index (χ0n) is 20.4. The second kappa shape index (κ2) is 11.1. The lowest BCUT2D eigenvalue weighted by molar-refractivity contribution is -0.134. The highest BCUT2D eigenvalue weighted by atomic mass is 16.5. The monoisotopic (exact) mass is 476 g/mol. The first-order valence-electron chi connectivity index (χ1n) is 11.7. The molecule has 8 nitrogen and oxygen atoms in total. The number of methoxy groups -OCH3 is 2. The van der Waals surface area contributed by atoms with Crippen molar-refractivity contribution in [2.24, 2.45) is 0 Å². The number of ether oxygens (including phenoxy) is 2. The van der Waals surface area contributed by atoms with E-state index in [-0.39, 0.29) is 31.1 Å². The molecule has 184 valence electrons. The van der Waals surface area contributed by atoms with E-state index in [9.17, 15) is 9.59 Å². The summed E-state index contributed by atoms with van der Waals surface area (Å²) in [6, 6.07) is 18.9. The summed E-state index contributed by atoms with van der Waals surface area (Å²) in [7, 11) is 3.12. The van der Waals surface area contributed by atoms with Crippen LogP contribution in [0.15, 0.2) is 66.9 Å². The summed E-state index contributed by atoms with van der Waals surface area (Å²) >= 11 is 0. The number of carbonyl (C=O) groups is 2. The molecule has 1 N–H and O–H groups in total. The van der Waals surface area contributed by atoms with Gasteiger partial charge in [0.25, 0.3) is 0 Å². The maximum atomic E-state index is 13.7. The van der Waals surface area contributed by atoms with Crippen LogP contribution in [-0.2, 0) is 16.1 Å². The summed E-state index contributed by atoms with van der Waals surface area (Å²) in [5.74, 6) is 0.435. The van der Waals surface area contributed by atoms with Gasteiger partial charge in [-0.05, 0) is 36.8 Å². The highest BCUT2D eigenvalue weighted by Gasteiger charge is 2.33. The number of amides is 3. The third-order valence-electron chi connectivity index (χ3n) is 6.28. The lowest BCUT2D eigenvalue weighted by atomic mass is 9.98. The van der Waals surface area contributed by atoms with Crippen LogP contribution >= 0.6 is 0 Å². The van der Waals surface area contributed by atoms with Gasteiger partial charge in [-0.1, -0.05) is 42.0 Å². The topological polar surface area (TPSA) is 76.0 Å². The molecule has 0 aliphatic carbocycles. The van der Waals surface area contributed by atoms with Gasteiger partial charge in [-0.15, -0.1) is 0 Å². The van der Waals surface area contributed by atoms with E-state index in [1.807, 2.05) is 36.2 Å². The number of rotatable bonds is 8. The second-order valence-electron chi connectivity index (χ2n) is 8.57. The molecule has 0 saturated heterocycles. The lowest BCUT2D eigenvalue weighted by Gasteiger charge is -2.38. The molecule has 1 unspecified atom stereocenters. The Labute approximate surface area is 206 Å². The third kappa shape index (κ3) is 5.49. The predicted molar refractivity (Wildman–Crippen MR) is 135 cm³/mol. The Hall–Kier alpha value is -3.78. The van der Waals surface area contributed by atoms with Crippen molar-refractivity contribution in [3.05, 3.63) is 83.7 Å². The number of nitrogens with one attached hydrogen (secondary N) is 1. The summed E-state index contributed by atoms with van der Waals surface area (Å²) < 4.78 is 12.7. The Morgan fingerprint density at radius 3 is 2.54 bits per heavy atom. The Kier molecular flexibility index (Phi) is 7.72. The molecule has 0 spiro atoms. The summed E-state index contributed by atoms with van der Waals surface area (Å²) in [5, 5.41) is 2.87. The molecule has 1 atom stereocenters. The van der Waals surface area contributed by atoms with Gasteiger partial charge >= 0.3 is 6.03 Å². The van der Waals surface area contributed by atoms with Gasteiger partial charge in [0.1, 0.15) is 12.3 Å². The van der Waals surface area contributed by atoms with Gasteiger partial charge in [0, 0.05) is 38.6 Å². The fraction of sp³-hybridized carbons (Fsp3) is 0.333. The molecule has 3 aromatic rings. The van der Waals surface area contributed by atoms with Crippen molar-refractivity contribution in [3.8, 4) is 5.75 Å². The summed E-state index contributed by atoms with van der Waals surface area (Å²) in [5.41, 5.74) is 3.82. The van der Waals surface area contributed by atoms with E-state index < -0.39 is 0 Å². The van der Waals surface area contributed by atoms with Crippen molar-refractivity contribution in [3.63, 3.8) is 0 Å². The number of benzene rings is 2. The minimum Gasteiger partial charge on any atom is -0.495 e. The van der Waals surface area contributed by atoms with Crippen molar-refractivity contribution in [1.82, 2.24) is 14.4 Å². The molecule has 2 aromatic carbocycles. The fourth-order valence-electron chi connectivity index (χ4n) is 4.40. The van der Waals surface area contributed by atoms with Gasteiger partial charge in [-0.2, -0.15) is 0 Å². The highest BCUT2D eigenvalue weighted by molar-refractivity contribution is 5.93. The Morgan fingerprint density at radius 2 is 1.80 bits per heavy atom. The molecular weight excluding hydrogens is 444 g/mol. The number of para-hydroxylation sites is 2. The van der Waals surface area contributed by atoms with Gasteiger partial charge in [0.2, 0.25) is 5.91 Å². The quantitative estimate of drug-likeness (QED) is 0.535. The Morgan fingerprint density at radius 1 is 1.03 bits per heavy atom. The summed E-state index contributed by atoms with van der Waals surface area (Å²) in [6.07, 6.45) is 2.05. The van der Waals surface area contributed by atoms with Gasteiger partial charge in [-0.3, -0.25) is 4.79 Å². The minimum absolute atomic E-state index is 0.0621. The molecule has 35 heavy (non-hydrogen) atoms. The maximum absolute atomic E-state index is 13.7. The van der Waals surface area contributed by atoms with E-state index in [0.717, 1.165) is 16.8 Å². The fourth-order valence-corrected chi connectivity index (χ4v) is 4.40. The number of aromatic nitrogens is 1. The zero-order chi connectivity index (χ0) is 24.8. The number of urea groups is 1. The molecule has 0 radical (unpaired) electrons. The smallest absolute Gasteiger partial charge is 0.322 e. The molecule has 1 aromatic heterocycles. The van der Waals surface area contributed by atoms with E-state index >= 15 is 0 Å². The van der Waals surface area contributed by atoms with E-state index in [1.165, 1.54) is 4.90 Å². The molecule has 8 heteroatoms. The van der Waals surface area contributed by atoms with Crippen LogP contribution in [-0.4, -0.2) is 66.8 Å². The first-order valence-corrected chi connectivity index (χ1v) is 11.7. The standard InChI is InChI=1S/C27H32N4O4/c1-20-10-12-21(13-11-20)26-23-8-6-14-29(23)15-16-31(26)25(32)19-30(17-18-34-2)27(33)28-22-7-4-5-9-24(22)35-3/h4-14,26H,15-19H2,1-3H3,(H,28,33). The van der Waals surface area contributed by atoms with Crippen LogP contribution < -0.4 is 10.1 Å². The van der Waals surface area contributed by atoms with Crippen molar-refractivity contribution < 1.29 is 19.1 Å². The number of aryl methyl sites for hydroxylation is 1. The second-order valence-corrected chi connectivity index (χ2v) is 8.57.